The van der Waals surface area contributed by atoms with Crippen LogP contribution in [0.3, 0.4) is 0 Å². The van der Waals surface area contributed by atoms with Gasteiger partial charge < -0.3 is 0 Å². The second-order valence-corrected chi connectivity index (χ2v) is 6.05. The van der Waals surface area contributed by atoms with Gasteiger partial charge >= 0.3 is 0 Å². The van der Waals surface area contributed by atoms with Gasteiger partial charge in [0.05, 0.1) is 6.20 Å². The van der Waals surface area contributed by atoms with Gasteiger partial charge in [0.25, 0.3) is 10.0 Å². The zero-order chi connectivity index (χ0) is 13.9. The minimum absolute atomic E-state index is 0.0487. The number of rotatable bonds is 4. The number of aryl methyl sites for hydroxylation is 1. The maximum atomic E-state index is 12.8. The van der Waals surface area contributed by atoms with Gasteiger partial charge in [-0.3, -0.25) is 4.79 Å². The third kappa shape index (κ3) is 3.76. The molecule has 100 valence electrons. The topological polar surface area (TPSA) is 76.1 Å². The molecule has 1 rings (SSSR count). The summed E-state index contributed by atoms with van der Waals surface area (Å²) >= 11 is 0. The smallest absolute Gasteiger partial charge is 0.265 e. The van der Waals surface area contributed by atoms with Crippen LogP contribution >= 0.6 is 0 Å². The molecule has 0 saturated carbocycles. The van der Waals surface area contributed by atoms with Crippen LogP contribution in [0.4, 0.5) is 4.39 Å². The molecule has 1 amide bonds. The first kappa shape index (κ1) is 14.6. The van der Waals surface area contributed by atoms with Crippen LogP contribution in [-0.2, 0) is 14.8 Å². The summed E-state index contributed by atoms with van der Waals surface area (Å²) in [4.78, 5) is 14.5. The SMILES string of the molecule is Cc1cc(F)ncc1S(=O)(=O)NC(=O)CC(C)C. The van der Waals surface area contributed by atoms with E-state index in [-0.39, 0.29) is 22.8 Å². The lowest BCUT2D eigenvalue weighted by Crippen LogP contribution is -2.31. The molecule has 0 aromatic carbocycles. The molecule has 0 radical (unpaired) electrons. The van der Waals surface area contributed by atoms with Crippen LogP contribution in [-0.4, -0.2) is 19.3 Å². The fourth-order valence-electron chi connectivity index (χ4n) is 1.41. The molecule has 0 saturated heterocycles. The standard InChI is InChI=1S/C11H15FN2O3S/c1-7(2)4-11(15)14-18(16,17)9-6-13-10(12)5-8(9)3/h5-7H,4H2,1-3H3,(H,14,15). The van der Waals surface area contributed by atoms with Crippen molar-refractivity contribution in [2.75, 3.05) is 0 Å². The summed E-state index contributed by atoms with van der Waals surface area (Å²) in [7, 11) is -3.98. The van der Waals surface area contributed by atoms with Crippen molar-refractivity contribution in [1.29, 1.82) is 0 Å². The van der Waals surface area contributed by atoms with Crippen LogP contribution in [0, 0.1) is 18.8 Å². The Kier molecular flexibility index (Phi) is 4.39. The van der Waals surface area contributed by atoms with Crippen LogP contribution in [0.1, 0.15) is 25.8 Å². The highest BCUT2D eigenvalue weighted by Crippen LogP contribution is 2.14. The number of nitrogens with zero attached hydrogens (tertiary/aromatic N) is 1. The first-order valence-corrected chi connectivity index (χ1v) is 6.88. The lowest BCUT2D eigenvalue weighted by molar-refractivity contribution is -0.120. The van der Waals surface area contributed by atoms with E-state index in [4.69, 9.17) is 0 Å². The summed E-state index contributed by atoms with van der Waals surface area (Å²) in [5, 5.41) is 0. The molecule has 0 atom stereocenters. The molecule has 7 heteroatoms. The maximum Gasteiger partial charge on any atom is 0.265 e. The zero-order valence-electron chi connectivity index (χ0n) is 10.4. The second kappa shape index (κ2) is 5.43. The molecule has 18 heavy (non-hydrogen) atoms. The van der Waals surface area contributed by atoms with Crippen molar-refractivity contribution in [1.82, 2.24) is 9.71 Å². The van der Waals surface area contributed by atoms with Gasteiger partial charge in [-0.15, -0.1) is 0 Å². The van der Waals surface area contributed by atoms with Crippen LogP contribution in [0.15, 0.2) is 17.2 Å². The Bertz CT molecular complexity index is 555. The molecule has 0 spiro atoms. The highest BCUT2D eigenvalue weighted by atomic mass is 32.2. The molecule has 1 heterocycles. The fourth-order valence-corrected chi connectivity index (χ4v) is 2.58. The van der Waals surface area contributed by atoms with Crippen LogP contribution in [0.2, 0.25) is 0 Å². The van der Waals surface area contributed by atoms with E-state index in [9.17, 15) is 17.6 Å². The molecule has 0 unspecified atom stereocenters. The Balaban J connectivity index is 2.97. The number of hydrogen-bond acceptors (Lipinski definition) is 4. The van der Waals surface area contributed by atoms with Gasteiger partial charge in [-0.1, -0.05) is 13.8 Å². The lowest BCUT2D eigenvalue weighted by Gasteiger charge is -2.09. The highest BCUT2D eigenvalue weighted by Gasteiger charge is 2.21. The molecule has 0 fully saturated rings. The van der Waals surface area contributed by atoms with E-state index in [0.29, 0.717) is 0 Å². The Hall–Kier alpha value is -1.50. The van der Waals surface area contributed by atoms with E-state index in [1.807, 2.05) is 4.72 Å². The summed E-state index contributed by atoms with van der Waals surface area (Å²) < 4.78 is 38.4. The zero-order valence-corrected chi connectivity index (χ0v) is 11.2. The monoisotopic (exact) mass is 274 g/mol. The summed E-state index contributed by atoms with van der Waals surface area (Å²) in [5.74, 6) is -1.30. The van der Waals surface area contributed by atoms with E-state index in [2.05, 4.69) is 4.98 Å². The number of aromatic nitrogens is 1. The van der Waals surface area contributed by atoms with Gasteiger partial charge in [0.1, 0.15) is 4.90 Å². The quantitative estimate of drug-likeness (QED) is 0.842. The number of hydrogen-bond donors (Lipinski definition) is 1. The summed E-state index contributed by atoms with van der Waals surface area (Å²) in [6, 6.07) is 1.00. The predicted octanol–water partition coefficient (Wildman–Crippen LogP) is 1.38. The molecule has 1 aromatic rings. The summed E-state index contributed by atoms with van der Waals surface area (Å²) in [5.41, 5.74) is 0.201. The maximum absolute atomic E-state index is 12.8. The van der Waals surface area contributed by atoms with Crippen molar-refractivity contribution in [2.24, 2.45) is 5.92 Å². The molecule has 0 aliphatic carbocycles. The van der Waals surface area contributed by atoms with Crippen LogP contribution in [0.25, 0.3) is 0 Å². The molecular formula is C11H15FN2O3S. The predicted molar refractivity (Wildman–Crippen MR) is 63.7 cm³/mol. The van der Waals surface area contributed by atoms with Gasteiger partial charge in [0.15, 0.2) is 0 Å². The van der Waals surface area contributed by atoms with Gasteiger partial charge in [-0.2, -0.15) is 4.39 Å². The number of sulfonamides is 1. The normalized spacial score (nSPS) is 11.6. The first-order chi connectivity index (χ1) is 8.22. The van der Waals surface area contributed by atoms with Gasteiger partial charge in [-0.05, 0) is 24.5 Å². The van der Waals surface area contributed by atoms with Crippen molar-refractivity contribution in [3.05, 3.63) is 23.8 Å². The number of nitrogens with one attached hydrogen (secondary N) is 1. The molecule has 0 aliphatic heterocycles. The highest BCUT2D eigenvalue weighted by molar-refractivity contribution is 7.90. The largest absolute Gasteiger partial charge is 0.274 e. The molecule has 5 nitrogen and oxygen atoms in total. The van der Waals surface area contributed by atoms with E-state index in [1.54, 1.807) is 13.8 Å². The molecule has 1 N–H and O–H groups in total. The van der Waals surface area contributed by atoms with Gasteiger partial charge in [0, 0.05) is 6.42 Å². The van der Waals surface area contributed by atoms with Crippen molar-refractivity contribution in [2.45, 2.75) is 32.1 Å². The third-order valence-corrected chi connectivity index (χ3v) is 3.66. The Morgan fingerprint density at radius 2 is 2.11 bits per heavy atom. The van der Waals surface area contributed by atoms with Crippen molar-refractivity contribution >= 4 is 15.9 Å². The number of pyridine rings is 1. The van der Waals surface area contributed by atoms with Crippen LogP contribution < -0.4 is 4.72 Å². The van der Waals surface area contributed by atoms with E-state index in [0.717, 1.165) is 12.3 Å². The van der Waals surface area contributed by atoms with Gasteiger partial charge in [-0.25, -0.2) is 18.1 Å². The fraction of sp³-hybridized carbons (Fsp3) is 0.455. The van der Waals surface area contributed by atoms with Crippen molar-refractivity contribution in [3.63, 3.8) is 0 Å². The number of halogens is 1. The Morgan fingerprint density at radius 1 is 1.50 bits per heavy atom. The Morgan fingerprint density at radius 3 is 2.61 bits per heavy atom. The minimum atomic E-state index is -3.98. The minimum Gasteiger partial charge on any atom is -0.274 e. The summed E-state index contributed by atoms with van der Waals surface area (Å²) in [6.45, 7) is 5.04. The first-order valence-electron chi connectivity index (χ1n) is 5.40. The van der Waals surface area contributed by atoms with E-state index < -0.39 is 21.9 Å². The average Bonchev–Trinajstić information content (AvgIpc) is 2.13. The van der Waals surface area contributed by atoms with Gasteiger partial charge in [0.2, 0.25) is 11.9 Å². The van der Waals surface area contributed by atoms with E-state index in [1.165, 1.54) is 6.92 Å². The lowest BCUT2D eigenvalue weighted by atomic mass is 10.1. The number of carbonyl (C=O) groups is 1. The molecule has 0 bridgehead atoms. The third-order valence-electron chi connectivity index (χ3n) is 2.16. The van der Waals surface area contributed by atoms with Crippen molar-refractivity contribution in [3.8, 4) is 0 Å². The average molecular weight is 274 g/mol. The molecular weight excluding hydrogens is 259 g/mol. The molecule has 1 aromatic heterocycles. The Labute approximate surface area is 105 Å². The molecule has 0 aliphatic rings. The number of carbonyl (C=O) groups excluding carboxylic acids is 1. The van der Waals surface area contributed by atoms with E-state index >= 15 is 0 Å². The van der Waals surface area contributed by atoms with Crippen LogP contribution in [0.5, 0.6) is 0 Å². The van der Waals surface area contributed by atoms with Crippen molar-refractivity contribution < 1.29 is 17.6 Å². The number of amides is 1. The summed E-state index contributed by atoms with van der Waals surface area (Å²) in [6.07, 6.45) is 1.00. The second-order valence-electron chi connectivity index (χ2n) is 4.40.